The van der Waals surface area contributed by atoms with E-state index in [1.807, 2.05) is 25.1 Å². The van der Waals surface area contributed by atoms with Crippen LogP contribution in [0.5, 0.6) is 11.5 Å². The molecule has 1 heterocycles. The highest BCUT2D eigenvalue weighted by Crippen LogP contribution is 2.40. The lowest BCUT2D eigenvalue weighted by molar-refractivity contribution is -0.125. The molecule has 27 heavy (non-hydrogen) atoms. The van der Waals surface area contributed by atoms with Gasteiger partial charge in [0.1, 0.15) is 0 Å². The number of rotatable bonds is 5. The number of hydrogen-bond acceptors (Lipinski definition) is 4. The molecular weight excluding hydrogens is 368 g/mol. The van der Waals surface area contributed by atoms with Crippen LogP contribution in [0.2, 0.25) is 5.02 Å². The van der Waals surface area contributed by atoms with Crippen LogP contribution in [-0.4, -0.2) is 18.6 Å². The Morgan fingerprint density at radius 2 is 1.89 bits per heavy atom. The number of halogens is 1. The van der Waals surface area contributed by atoms with Crippen LogP contribution in [0, 0.1) is 18.8 Å². The molecule has 0 bridgehead atoms. The van der Waals surface area contributed by atoms with Gasteiger partial charge in [-0.2, -0.15) is 0 Å². The summed E-state index contributed by atoms with van der Waals surface area (Å²) in [5.74, 6) is 0.528. The SMILES string of the molecule is Cc1c(Cl)cccc1NC(=O)C1CC1C(=O)NCc1ccc2c(c1)OCO2. The van der Waals surface area contributed by atoms with Gasteiger partial charge in [-0.15, -0.1) is 0 Å². The van der Waals surface area contributed by atoms with E-state index in [1.165, 1.54) is 0 Å². The fraction of sp³-hybridized carbons (Fsp3) is 0.300. The van der Waals surface area contributed by atoms with E-state index in [1.54, 1.807) is 18.2 Å². The number of carbonyl (C=O) groups is 2. The minimum Gasteiger partial charge on any atom is -0.454 e. The summed E-state index contributed by atoms with van der Waals surface area (Å²) < 4.78 is 10.6. The lowest BCUT2D eigenvalue weighted by atomic mass is 10.2. The van der Waals surface area contributed by atoms with Gasteiger partial charge in [0, 0.05) is 17.3 Å². The van der Waals surface area contributed by atoms with Crippen LogP contribution in [0.3, 0.4) is 0 Å². The van der Waals surface area contributed by atoms with Crippen molar-refractivity contribution in [2.75, 3.05) is 12.1 Å². The second kappa shape index (κ2) is 7.12. The van der Waals surface area contributed by atoms with Crippen LogP contribution in [0.1, 0.15) is 17.5 Å². The van der Waals surface area contributed by atoms with E-state index in [4.69, 9.17) is 21.1 Å². The maximum absolute atomic E-state index is 12.4. The molecule has 0 radical (unpaired) electrons. The van der Waals surface area contributed by atoms with Crippen LogP contribution in [-0.2, 0) is 16.1 Å². The summed E-state index contributed by atoms with van der Waals surface area (Å²) in [6.45, 7) is 2.45. The number of ether oxygens (including phenoxy) is 2. The van der Waals surface area contributed by atoms with Crippen molar-refractivity contribution >= 4 is 29.1 Å². The van der Waals surface area contributed by atoms with Crippen molar-refractivity contribution in [3.63, 3.8) is 0 Å². The quantitative estimate of drug-likeness (QED) is 0.826. The Balaban J connectivity index is 1.30. The van der Waals surface area contributed by atoms with Gasteiger partial charge in [0.25, 0.3) is 0 Å². The van der Waals surface area contributed by atoms with Crippen molar-refractivity contribution in [3.05, 3.63) is 52.5 Å². The summed E-state index contributed by atoms with van der Waals surface area (Å²) in [6.07, 6.45) is 0.554. The normalized spacial score (nSPS) is 19.5. The molecule has 2 aromatic rings. The highest BCUT2D eigenvalue weighted by Gasteiger charge is 2.48. The summed E-state index contributed by atoms with van der Waals surface area (Å²) in [5.41, 5.74) is 2.42. The molecule has 140 valence electrons. The van der Waals surface area contributed by atoms with Gasteiger partial charge in [-0.1, -0.05) is 23.7 Å². The Bertz CT molecular complexity index is 915. The number of fused-ring (bicyclic) bond motifs is 1. The van der Waals surface area contributed by atoms with Gasteiger partial charge in [0.2, 0.25) is 18.6 Å². The van der Waals surface area contributed by atoms with E-state index in [2.05, 4.69) is 10.6 Å². The number of hydrogen-bond donors (Lipinski definition) is 2. The lowest BCUT2D eigenvalue weighted by Gasteiger charge is -2.09. The number of anilines is 1. The third-order valence-corrected chi connectivity index (χ3v) is 5.30. The molecule has 1 aliphatic heterocycles. The molecule has 2 N–H and O–H groups in total. The van der Waals surface area contributed by atoms with Crippen molar-refractivity contribution in [2.45, 2.75) is 19.9 Å². The van der Waals surface area contributed by atoms with E-state index in [9.17, 15) is 9.59 Å². The lowest BCUT2D eigenvalue weighted by Crippen LogP contribution is -2.27. The van der Waals surface area contributed by atoms with E-state index >= 15 is 0 Å². The van der Waals surface area contributed by atoms with Gasteiger partial charge in [0.15, 0.2) is 11.5 Å². The number of nitrogens with one attached hydrogen (secondary N) is 2. The highest BCUT2D eigenvalue weighted by molar-refractivity contribution is 6.31. The molecule has 0 aromatic heterocycles. The fourth-order valence-corrected chi connectivity index (χ4v) is 3.29. The predicted octanol–water partition coefficient (Wildman–Crippen LogP) is 3.27. The first-order chi connectivity index (χ1) is 13.0. The molecule has 1 saturated carbocycles. The molecule has 2 aromatic carbocycles. The van der Waals surface area contributed by atoms with Crippen molar-refractivity contribution in [2.24, 2.45) is 11.8 Å². The van der Waals surface area contributed by atoms with Gasteiger partial charge >= 0.3 is 0 Å². The minimum absolute atomic E-state index is 0.115. The fourth-order valence-electron chi connectivity index (χ4n) is 3.11. The topological polar surface area (TPSA) is 76.7 Å². The highest BCUT2D eigenvalue weighted by atomic mass is 35.5. The average Bonchev–Trinajstić information content (AvgIpc) is 3.34. The zero-order chi connectivity index (χ0) is 19.0. The van der Waals surface area contributed by atoms with Crippen LogP contribution in [0.25, 0.3) is 0 Å². The maximum Gasteiger partial charge on any atom is 0.231 e. The van der Waals surface area contributed by atoms with E-state index < -0.39 is 0 Å². The molecule has 2 unspecified atom stereocenters. The van der Waals surface area contributed by atoms with Gasteiger partial charge < -0.3 is 20.1 Å². The first-order valence-corrected chi connectivity index (χ1v) is 9.13. The summed E-state index contributed by atoms with van der Waals surface area (Å²) >= 11 is 6.07. The first-order valence-electron chi connectivity index (χ1n) is 8.75. The second-order valence-electron chi connectivity index (χ2n) is 6.76. The standard InChI is InChI=1S/C20H19ClN2O4/c1-11-15(21)3-2-4-16(11)23-20(25)14-8-13(14)19(24)22-9-12-5-6-17-18(7-12)27-10-26-17/h2-7,13-14H,8-10H2,1H3,(H,22,24)(H,23,25). The average molecular weight is 387 g/mol. The van der Waals surface area contributed by atoms with Crippen LogP contribution < -0.4 is 20.1 Å². The molecule has 0 saturated heterocycles. The molecule has 2 aliphatic rings. The molecule has 1 fully saturated rings. The Hall–Kier alpha value is -2.73. The molecular formula is C20H19ClN2O4. The molecule has 2 atom stereocenters. The molecule has 1 aliphatic carbocycles. The largest absolute Gasteiger partial charge is 0.454 e. The van der Waals surface area contributed by atoms with Gasteiger partial charge in [-0.25, -0.2) is 0 Å². The number of amides is 2. The molecule has 4 rings (SSSR count). The van der Waals surface area contributed by atoms with Crippen molar-refractivity contribution in [1.29, 1.82) is 0 Å². The van der Waals surface area contributed by atoms with Crippen molar-refractivity contribution < 1.29 is 19.1 Å². The van der Waals surface area contributed by atoms with Gasteiger partial charge in [0.05, 0.1) is 11.8 Å². The Kier molecular flexibility index (Phi) is 4.66. The number of benzene rings is 2. The van der Waals surface area contributed by atoms with E-state index in [0.717, 1.165) is 11.1 Å². The van der Waals surface area contributed by atoms with Crippen molar-refractivity contribution in [1.82, 2.24) is 5.32 Å². The molecule has 0 spiro atoms. The van der Waals surface area contributed by atoms with Gasteiger partial charge in [-0.3, -0.25) is 9.59 Å². The zero-order valence-corrected chi connectivity index (χ0v) is 15.5. The monoisotopic (exact) mass is 386 g/mol. The third kappa shape index (κ3) is 3.71. The van der Waals surface area contributed by atoms with Gasteiger partial charge in [-0.05, 0) is 48.7 Å². The van der Waals surface area contributed by atoms with E-state index in [-0.39, 0.29) is 30.4 Å². The number of carbonyl (C=O) groups excluding carboxylic acids is 2. The Labute approximate surface area is 161 Å². The van der Waals surface area contributed by atoms with Crippen molar-refractivity contribution in [3.8, 4) is 11.5 Å². The maximum atomic E-state index is 12.4. The first kappa shape index (κ1) is 17.7. The summed E-state index contributed by atoms with van der Waals surface area (Å²) in [6, 6.07) is 10.9. The predicted molar refractivity (Wildman–Crippen MR) is 101 cm³/mol. The second-order valence-corrected chi connectivity index (χ2v) is 7.16. The van der Waals surface area contributed by atoms with E-state index in [0.29, 0.717) is 35.2 Å². The molecule has 6 nitrogen and oxygen atoms in total. The summed E-state index contributed by atoms with van der Waals surface area (Å²) in [4.78, 5) is 24.7. The molecule has 2 amide bonds. The Morgan fingerprint density at radius 1 is 1.11 bits per heavy atom. The molecule has 7 heteroatoms. The third-order valence-electron chi connectivity index (χ3n) is 4.89. The van der Waals surface area contributed by atoms with Crippen LogP contribution >= 0.6 is 11.6 Å². The van der Waals surface area contributed by atoms with Crippen LogP contribution in [0.15, 0.2) is 36.4 Å². The van der Waals surface area contributed by atoms with Crippen LogP contribution in [0.4, 0.5) is 5.69 Å². The summed E-state index contributed by atoms with van der Waals surface area (Å²) in [5, 5.41) is 6.35. The Morgan fingerprint density at radius 3 is 2.74 bits per heavy atom. The smallest absolute Gasteiger partial charge is 0.231 e. The summed E-state index contributed by atoms with van der Waals surface area (Å²) in [7, 11) is 0. The minimum atomic E-state index is -0.305. The zero-order valence-electron chi connectivity index (χ0n) is 14.8.